The minimum atomic E-state index is 0.420. The molecule has 1 heterocycles. The maximum absolute atomic E-state index is 10.3. The van der Waals surface area contributed by atoms with Gasteiger partial charge in [-0.1, -0.05) is 0 Å². The topological polar surface area (TPSA) is 69.4 Å². The lowest BCUT2D eigenvalue weighted by Gasteiger charge is -2.06. The molecule has 0 atom stereocenters. The minimum Gasteiger partial charge on any atom is -0.494 e. The lowest BCUT2D eigenvalue weighted by atomic mass is 10.2. The number of hydrogen-bond donors (Lipinski definition) is 0. The third-order valence-electron chi connectivity index (χ3n) is 2.05. The number of rotatable bonds is 3. The van der Waals surface area contributed by atoms with Gasteiger partial charge in [-0.2, -0.15) is 4.99 Å². The summed E-state index contributed by atoms with van der Waals surface area (Å²) in [6.07, 6.45) is 4.59. The Morgan fingerprint density at radius 1 is 1.38 bits per heavy atom. The second kappa shape index (κ2) is 4.37. The zero-order valence-electron chi connectivity index (χ0n) is 8.49. The van der Waals surface area contributed by atoms with Crippen LogP contribution in [0.4, 0.5) is 5.69 Å². The van der Waals surface area contributed by atoms with E-state index < -0.39 is 0 Å². The Hall–Kier alpha value is -2.46. The average Bonchev–Trinajstić information content (AvgIpc) is 2.83. The first kappa shape index (κ1) is 10.1. The summed E-state index contributed by atoms with van der Waals surface area (Å²) < 4.78 is 6.75. The van der Waals surface area contributed by atoms with E-state index in [1.54, 1.807) is 29.4 Å². The molecule has 0 aliphatic rings. The standard InChI is InChI=1S/C10H8N4O2/c1-16-10-3-2-8(4-9(10)11-7-15)14-5-12-13-6-14/h2-6H,1H3. The molecule has 2 rings (SSSR count). The first-order valence-corrected chi connectivity index (χ1v) is 4.46. The van der Waals surface area contributed by atoms with Crippen molar-refractivity contribution in [3.05, 3.63) is 30.9 Å². The van der Waals surface area contributed by atoms with Gasteiger partial charge in [0.2, 0.25) is 6.08 Å². The number of methoxy groups -OCH3 is 1. The summed E-state index contributed by atoms with van der Waals surface area (Å²) in [6, 6.07) is 5.21. The summed E-state index contributed by atoms with van der Waals surface area (Å²) in [4.78, 5) is 13.8. The van der Waals surface area contributed by atoms with Gasteiger partial charge in [-0.15, -0.1) is 10.2 Å². The fourth-order valence-electron chi connectivity index (χ4n) is 1.31. The van der Waals surface area contributed by atoms with Crippen LogP contribution in [-0.2, 0) is 4.79 Å². The first-order chi connectivity index (χ1) is 7.85. The second-order valence-corrected chi connectivity index (χ2v) is 2.93. The molecular formula is C10H8N4O2. The monoisotopic (exact) mass is 216 g/mol. The minimum absolute atomic E-state index is 0.420. The van der Waals surface area contributed by atoms with Crippen molar-refractivity contribution in [2.24, 2.45) is 4.99 Å². The van der Waals surface area contributed by atoms with E-state index in [1.165, 1.54) is 13.2 Å². The van der Waals surface area contributed by atoms with Crippen molar-refractivity contribution in [3.63, 3.8) is 0 Å². The largest absolute Gasteiger partial charge is 0.494 e. The zero-order valence-corrected chi connectivity index (χ0v) is 8.49. The van der Waals surface area contributed by atoms with Gasteiger partial charge in [-0.05, 0) is 18.2 Å². The number of isocyanates is 1. The van der Waals surface area contributed by atoms with Gasteiger partial charge < -0.3 is 4.74 Å². The lowest BCUT2D eigenvalue weighted by molar-refractivity contribution is 0.416. The van der Waals surface area contributed by atoms with Gasteiger partial charge >= 0.3 is 0 Å². The summed E-state index contributed by atoms with van der Waals surface area (Å²) in [5.41, 5.74) is 1.21. The third kappa shape index (κ3) is 1.82. The molecule has 0 fully saturated rings. The maximum atomic E-state index is 10.3. The van der Waals surface area contributed by atoms with Crippen LogP contribution in [0.3, 0.4) is 0 Å². The normalized spacial score (nSPS) is 9.56. The molecule has 0 unspecified atom stereocenters. The van der Waals surface area contributed by atoms with E-state index >= 15 is 0 Å². The van der Waals surface area contributed by atoms with Gasteiger partial charge in [-0.25, -0.2) is 4.79 Å². The summed E-state index contributed by atoms with van der Waals surface area (Å²) >= 11 is 0. The van der Waals surface area contributed by atoms with Crippen molar-refractivity contribution in [2.45, 2.75) is 0 Å². The van der Waals surface area contributed by atoms with Crippen LogP contribution in [-0.4, -0.2) is 28.0 Å². The summed E-state index contributed by atoms with van der Waals surface area (Å²) in [6.45, 7) is 0. The van der Waals surface area contributed by atoms with E-state index in [4.69, 9.17) is 4.74 Å². The maximum Gasteiger partial charge on any atom is 0.240 e. The molecule has 6 heteroatoms. The fourth-order valence-corrected chi connectivity index (χ4v) is 1.31. The van der Waals surface area contributed by atoms with Gasteiger partial charge in [-0.3, -0.25) is 4.57 Å². The van der Waals surface area contributed by atoms with Gasteiger partial charge in [0.25, 0.3) is 0 Å². The Morgan fingerprint density at radius 3 is 2.75 bits per heavy atom. The Morgan fingerprint density at radius 2 is 2.12 bits per heavy atom. The predicted octanol–water partition coefficient (Wildman–Crippen LogP) is 1.24. The number of nitrogens with zero attached hydrogens (tertiary/aromatic N) is 4. The van der Waals surface area contributed by atoms with E-state index in [1.807, 2.05) is 6.07 Å². The average molecular weight is 216 g/mol. The van der Waals surface area contributed by atoms with Crippen molar-refractivity contribution in [3.8, 4) is 11.4 Å². The van der Waals surface area contributed by atoms with Gasteiger partial charge in [0.15, 0.2) is 0 Å². The van der Waals surface area contributed by atoms with Crippen molar-refractivity contribution in [1.29, 1.82) is 0 Å². The number of carbonyl (C=O) groups excluding carboxylic acids is 1. The Bertz CT molecular complexity index is 530. The predicted molar refractivity (Wildman–Crippen MR) is 55.7 cm³/mol. The molecule has 0 saturated heterocycles. The van der Waals surface area contributed by atoms with Crippen LogP contribution in [0.1, 0.15) is 0 Å². The number of aromatic nitrogens is 3. The van der Waals surface area contributed by atoms with Crippen LogP contribution in [0.25, 0.3) is 5.69 Å². The second-order valence-electron chi connectivity index (χ2n) is 2.93. The smallest absolute Gasteiger partial charge is 0.240 e. The summed E-state index contributed by atoms with van der Waals surface area (Å²) in [7, 11) is 1.51. The highest BCUT2D eigenvalue weighted by Crippen LogP contribution is 2.29. The molecule has 0 radical (unpaired) electrons. The third-order valence-corrected chi connectivity index (χ3v) is 2.05. The number of ether oxygens (including phenoxy) is 1. The summed E-state index contributed by atoms with van der Waals surface area (Å²) in [5, 5.41) is 7.38. The SMILES string of the molecule is COc1ccc(-n2cnnc2)cc1N=C=O. The van der Waals surface area contributed by atoms with Crippen LogP contribution in [0, 0.1) is 0 Å². The highest BCUT2D eigenvalue weighted by molar-refractivity contribution is 5.61. The van der Waals surface area contributed by atoms with Gasteiger partial charge in [0.1, 0.15) is 24.1 Å². The van der Waals surface area contributed by atoms with E-state index in [9.17, 15) is 4.79 Å². The number of aliphatic imine (C=N–C) groups is 1. The molecule has 0 bridgehead atoms. The van der Waals surface area contributed by atoms with E-state index in [0.717, 1.165) is 5.69 Å². The highest BCUT2D eigenvalue weighted by Gasteiger charge is 2.04. The molecule has 0 amide bonds. The molecule has 0 spiro atoms. The van der Waals surface area contributed by atoms with E-state index in [0.29, 0.717) is 11.4 Å². The molecule has 0 aliphatic heterocycles. The molecule has 80 valence electrons. The zero-order chi connectivity index (χ0) is 11.4. The molecule has 2 aromatic rings. The number of benzene rings is 1. The van der Waals surface area contributed by atoms with Crippen molar-refractivity contribution >= 4 is 11.8 Å². The fraction of sp³-hybridized carbons (Fsp3) is 0.100. The van der Waals surface area contributed by atoms with Crippen LogP contribution in [0.5, 0.6) is 5.75 Å². The van der Waals surface area contributed by atoms with E-state index in [-0.39, 0.29) is 0 Å². The van der Waals surface area contributed by atoms with Crippen molar-refractivity contribution in [2.75, 3.05) is 7.11 Å². The lowest BCUT2D eigenvalue weighted by Crippen LogP contribution is -1.91. The van der Waals surface area contributed by atoms with E-state index in [2.05, 4.69) is 15.2 Å². The molecule has 0 saturated carbocycles. The Balaban J connectivity index is 2.51. The van der Waals surface area contributed by atoms with Crippen LogP contribution in [0.15, 0.2) is 35.8 Å². The van der Waals surface area contributed by atoms with Crippen molar-refractivity contribution in [1.82, 2.24) is 14.8 Å². The van der Waals surface area contributed by atoms with Gasteiger partial charge in [0.05, 0.1) is 12.8 Å². The molecule has 1 aromatic heterocycles. The van der Waals surface area contributed by atoms with Crippen LogP contribution in [0.2, 0.25) is 0 Å². The molecule has 1 aromatic carbocycles. The summed E-state index contributed by atoms with van der Waals surface area (Å²) in [5.74, 6) is 0.514. The Kier molecular flexibility index (Phi) is 2.75. The molecule has 6 nitrogen and oxygen atoms in total. The van der Waals surface area contributed by atoms with Crippen molar-refractivity contribution < 1.29 is 9.53 Å². The van der Waals surface area contributed by atoms with Gasteiger partial charge in [0, 0.05) is 0 Å². The highest BCUT2D eigenvalue weighted by atomic mass is 16.5. The van der Waals surface area contributed by atoms with Crippen LogP contribution >= 0.6 is 0 Å². The quantitative estimate of drug-likeness (QED) is 0.571. The molecule has 0 N–H and O–H groups in total. The Labute approximate surface area is 91.2 Å². The number of hydrogen-bond acceptors (Lipinski definition) is 5. The molecule has 0 aliphatic carbocycles. The molecule has 16 heavy (non-hydrogen) atoms. The molecular weight excluding hydrogens is 208 g/mol. The first-order valence-electron chi connectivity index (χ1n) is 4.46. The van der Waals surface area contributed by atoms with Crippen LogP contribution < -0.4 is 4.74 Å².